The number of nitrogens with zero attached hydrogens (tertiary/aromatic N) is 3. The predicted octanol–water partition coefficient (Wildman–Crippen LogP) is 20.4. The fraction of sp³-hybridized carbons (Fsp3) is 0.0769. The predicted molar refractivity (Wildman–Crippen MR) is 413 cm³/mol. The molecule has 454 valence electrons. The zero-order valence-electron chi connectivity index (χ0n) is 54.6. The van der Waals surface area contributed by atoms with Crippen LogP contribution < -0.4 is 52.2 Å². The molecule has 0 saturated carbocycles. The van der Waals surface area contributed by atoms with Crippen molar-refractivity contribution >= 4 is 162 Å². The fourth-order valence-corrected chi connectivity index (χ4v) is 17.9. The van der Waals surface area contributed by atoms with Gasteiger partial charge in [0.25, 0.3) is 13.4 Å². The van der Waals surface area contributed by atoms with E-state index in [9.17, 15) is 0 Å². The third-order valence-corrected chi connectivity index (χ3v) is 22.6. The highest BCUT2D eigenvalue weighted by atomic mass is 16.5. The summed E-state index contributed by atoms with van der Waals surface area (Å²) in [7, 11) is 0. The Morgan fingerprint density at radius 1 is 0.299 bits per heavy atom. The Balaban J connectivity index is 0.858. The molecule has 4 bridgehead atoms. The lowest BCUT2D eigenvalue weighted by atomic mass is 9.30. The van der Waals surface area contributed by atoms with Crippen LogP contribution in [-0.4, -0.2) is 13.4 Å². The second-order valence-corrected chi connectivity index (χ2v) is 29.0. The van der Waals surface area contributed by atoms with Gasteiger partial charge in [-0.3, -0.25) is 0 Å². The Morgan fingerprint density at radius 2 is 0.742 bits per heavy atom. The van der Waals surface area contributed by atoms with Crippen LogP contribution in [0, 0.1) is 0 Å². The Labute approximate surface area is 565 Å². The molecule has 0 amide bonds. The van der Waals surface area contributed by atoms with E-state index in [2.05, 4.69) is 341 Å². The number of benzene rings is 16. The minimum absolute atomic E-state index is 0.162. The van der Waals surface area contributed by atoms with Crippen LogP contribution in [0.25, 0.3) is 86.9 Å². The first-order valence-electron chi connectivity index (χ1n) is 34.3. The molecule has 0 spiro atoms. The van der Waals surface area contributed by atoms with Gasteiger partial charge in [-0.1, -0.05) is 259 Å². The van der Waals surface area contributed by atoms with Crippen LogP contribution in [-0.2, 0) is 10.8 Å². The van der Waals surface area contributed by atoms with Gasteiger partial charge in [0.05, 0.1) is 5.69 Å². The van der Waals surface area contributed by atoms with Crippen molar-refractivity contribution in [3.05, 3.63) is 308 Å². The monoisotopic (exact) mass is 1240 g/mol. The highest BCUT2D eigenvalue weighted by Gasteiger charge is 2.49. The van der Waals surface area contributed by atoms with Gasteiger partial charge in [-0.15, -0.1) is 0 Å². The minimum Gasteiger partial charge on any atom is -0.458 e. The first kappa shape index (κ1) is 54.8. The van der Waals surface area contributed by atoms with Gasteiger partial charge in [-0.25, -0.2) is 0 Å². The van der Waals surface area contributed by atoms with Crippen LogP contribution >= 0.6 is 0 Å². The van der Waals surface area contributed by atoms with Gasteiger partial charge in [0, 0.05) is 68.1 Å². The van der Waals surface area contributed by atoms with E-state index in [0.29, 0.717) is 0 Å². The number of hydrogen-bond donors (Lipinski definition) is 0. The molecule has 0 radical (unpaired) electrons. The van der Waals surface area contributed by atoms with Crippen LogP contribution in [0.5, 0.6) is 11.5 Å². The molecule has 0 aromatic heterocycles. The molecule has 0 fully saturated rings. The van der Waals surface area contributed by atoms with Gasteiger partial charge in [0.2, 0.25) is 0 Å². The largest absolute Gasteiger partial charge is 0.458 e. The smallest absolute Gasteiger partial charge is 0.256 e. The van der Waals surface area contributed by atoms with Gasteiger partial charge in [-0.05, 0) is 191 Å². The number of hydrogen-bond acceptors (Lipinski definition) is 4. The molecule has 0 saturated heterocycles. The topological polar surface area (TPSA) is 19.0 Å². The summed E-state index contributed by atoms with van der Waals surface area (Å²) in [6.07, 6.45) is 0. The molecule has 6 heterocycles. The summed E-state index contributed by atoms with van der Waals surface area (Å²) in [5.74, 6) is 1.78. The quantitative estimate of drug-likeness (QED) is 0.130. The van der Waals surface area contributed by atoms with Gasteiger partial charge < -0.3 is 19.4 Å². The molecular weight excluding hydrogens is 1170 g/mol. The van der Waals surface area contributed by atoms with Gasteiger partial charge in [0.1, 0.15) is 11.5 Å². The maximum absolute atomic E-state index is 7.84. The van der Waals surface area contributed by atoms with E-state index < -0.39 is 5.41 Å². The lowest BCUT2D eigenvalue weighted by molar-refractivity contribution is 0.483. The molecule has 0 atom stereocenters. The van der Waals surface area contributed by atoms with Crippen molar-refractivity contribution in [2.75, 3.05) is 14.7 Å². The summed E-state index contributed by atoms with van der Waals surface area (Å²) in [6, 6.07) is 111. The van der Waals surface area contributed by atoms with E-state index in [1.54, 1.807) is 0 Å². The molecular formula is C91H63B2N3O. The summed E-state index contributed by atoms with van der Waals surface area (Å²) in [6.45, 7) is 11.5. The normalized spacial score (nSPS) is 14.3. The van der Waals surface area contributed by atoms with Gasteiger partial charge >= 0.3 is 0 Å². The minimum atomic E-state index is -0.409. The second kappa shape index (κ2) is 19.8. The molecule has 0 aliphatic carbocycles. The number of rotatable bonds is 3. The van der Waals surface area contributed by atoms with Crippen LogP contribution in [0.3, 0.4) is 0 Å². The van der Waals surface area contributed by atoms with E-state index in [4.69, 9.17) is 4.74 Å². The maximum atomic E-state index is 7.84. The number of para-hydroxylation sites is 3. The van der Waals surface area contributed by atoms with Crippen molar-refractivity contribution in [3.8, 4) is 33.8 Å². The lowest BCUT2D eigenvalue weighted by Gasteiger charge is -2.46. The zero-order valence-corrected chi connectivity index (χ0v) is 54.6. The first-order chi connectivity index (χ1) is 47.5. The van der Waals surface area contributed by atoms with Gasteiger partial charge in [-0.2, -0.15) is 0 Å². The highest BCUT2D eigenvalue weighted by molar-refractivity contribution is 7.02. The van der Waals surface area contributed by atoms with E-state index in [0.717, 1.165) is 34.2 Å². The van der Waals surface area contributed by atoms with Crippen molar-refractivity contribution in [2.45, 2.75) is 45.4 Å². The molecule has 6 aliphatic heterocycles. The summed E-state index contributed by atoms with van der Waals surface area (Å²) < 4.78 is 7.84. The Bertz CT molecular complexity index is 6100. The van der Waals surface area contributed by atoms with E-state index in [1.165, 1.54) is 165 Å². The molecule has 4 nitrogen and oxygen atoms in total. The summed E-state index contributed by atoms with van der Waals surface area (Å²) in [5.41, 5.74) is 25.6. The van der Waals surface area contributed by atoms with Crippen molar-refractivity contribution in [3.63, 3.8) is 0 Å². The van der Waals surface area contributed by atoms with Crippen molar-refractivity contribution in [1.29, 1.82) is 0 Å². The van der Waals surface area contributed by atoms with Crippen LogP contribution in [0.2, 0.25) is 0 Å². The van der Waals surface area contributed by atoms with Crippen LogP contribution in [0.15, 0.2) is 291 Å². The third kappa shape index (κ3) is 7.61. The standard InChI is InChI=1S/C91H63B2N3O/c1-90(2,3)57-46-84-88-86(49-57)97-85-53-81-77(52-78(85)93(88)75-34-17-19-36-79(75)94(84)59-42-44-71-67-28-11-9-24-63(67)65-26-13-15-30-69(65)73(71)50-59)92-76-35-18-20-37-80(76)96-83-48-58(91(4,5)56-40-38-55(39-41-56)62-33-21-32-61(89(62)96)54-22-7-6-8-23-54)47-82(87(83)92)95(81)60-43-45-72-68-29-12-10-25-64(68)66-27-14-16-31-70(66)74(72)51-60/h6-53H,1-5H3. The SMILES string of the molecule is CC(C)(C)c1cc2c3c(c1)N(c1ccc4c5ccccc5c5ccccc5c4c1)c1ccccc1B3c1cc3c(cc1O2)N(c1ccc2c4ccccc4c4ccccc4c2c1)c1cc2cc4c1B3c1ccccc1N4c1c(-c3ccccc3)cccc1-c1ccc(cc1)C2(C)C. The number of ether oxygens (including phenoxy) is 1. The zero-order chi connectivity index (χ0) is 64.3. The molecule has 16 aromatic carbocycles. The third-order valence-electron chi connectivity index (χ3n) is 22.6. The Hall–Kier alpha value is -11.6. The molecule has 6 heteroatoms. The Morgan fingerprint density at radius 3 is 1.29 bits per heavy atom. The lowest BCUT2D eigenvalue weighted by Crippen LogP contribution is -2.64. The number of anilines is 9. The van der Waals surface area contributed by atoms with Gasteiger partial charge in [0.15, 0.2) is 0 Å². The van der Waals surface area contributed by atoms with Crippen molar-refractivity contribution in [1.82, 2.24) is 0 Å². The van der Waals surface area contributed by atoms with Crippen molar-refractivity contribution < 1.29 is 4.74 Å². The molecule has 22 rings (SSSR count). The maximum Gasteiger partial charge on any atom is 0.256 e. The highest BCUT2D eigenvalue weighted by Crippen LogP contribution is 2.54. The average molecular weight is 1240 g/mol. The first-order valence-corrected chi connectivity index (χ1v) is 34.3. The average Bonchev–Trinajstić information content (AvgIpc) is 1.21. The van der Waals surface area contributed by atoms with E-state index in [-0.39, 0.29) is 18.8 Å². The summed E-state index contributed by atoms with van der Waals surface area (Å²) in [4.78, 5) is 7.83. The second-order valence-electron chi connectivity index (χ2n) is 29.0. The summed E-state index contributed by atoms with van der Waals surface area (Å²) in [5, 5.41) is 15.0. The molecule has 6 aliphatic rings. The summed E-state index contributed by atoms with van der Waals surface area (Å²) >= 11 is 0. The molecule has 0 unspecified atom stereocenters. The molecule has 0 N–H and O–H groups in total. The van der Waals surface area contributed by atoms with E-state index in [1.807, 2.05) is 0 Å². The Kier molecular flexibility index (Phi) is 11.2. The molecule has 16 aromatic rings. The number of fused-ring (bicyclic) bond motifs is 22. The van der Waals surface area contributed by atoms with Crippen LogP contribution in [0.1, 0.15) is 51.3 Å². The van der Waals surface area contributed by atoms with Crippen molar-refractivity contribution in [2.24, 2.45) is 0 Å². The van der Waals surface area contributed by atoms with E-state index >= 15 is 0 Å². The molecule has 97 heavy (non-hydrogen) atoms. The fourth-order valence-electron chi connectivity index (χ4n) is 17.9. The van der Waals surface area contributed by atoms with Crippen LogP contribution in [0.4, 0.5) is 51.2 Å².